The molecule has 0 spiro atoms. The summed E-state index contributed by atoms with van der Waals surface area (Å²) in [4.78, 5) is 140. The molecular formula is C48H63N13O10S2. The van der Waals surface area contributed by atoms with E-state index in [9.17, 15) is 47.9 Å². The molecule has 3 aromatic rings. The lowest BCUT2D eigenvalue weighted by molar-refractivity contribution is -0.136. The van der Waals surface area contributed by atoms with Gasteiger partial charge in [-0.05, 0) is 36.5 Å². The van der Waals surface area contributed by atoms with Crippen LogP contribution in [0.2, 0.25) is 0 Å². The van der Waals surface area contributed by atoms with Gasteiger partial charge in [0.15, 0.2) is 5.96 Å². The number of aliphatic imine (C=N–C) groups is 1. The van der Waals surface area contributed by atoms with Crippen LogP contribution >= 0.6 is 21.6 Å². The average Bonchev–Trinajstić information content (AvgIpc) is 3.34. The molecule has 0 unspecified atom stereocenters. The lowest BCUT2D eigenvalue weighted by atomic mass is 10.0. The third-order valence-electron chi connectivity index (χ3n) is 11.0. The van der Waals surface area contributed by atoms with Crippen LogP contribution in [0.15, 0.2) is 96.0 Å². The van der Waals surface area contributed by atoms with Crippen molar-refractivity contribution in [1.82, 2.24) is 42.5 Å². The molecule has 16 N–H and O–H groups in total. The van der Waals surface area contributed by atoms with Crippen LogP contribution in [0.5, 0.6) is 0 Å². The molecule has 0 bridgehead atoms. The van der Waals surface area contributed by atoms with Gasteiger partial charge in [-0.3, -0.25) is 52.9 Å². The van der Waals surface area contributed by atoms with E-state index >= 15 is 0 Å². The molecule has 25 heteroatoms. The van der Waals surface area contributed by atoms with Crippen LogP contribution < -0.4 is 65.5 Å². The Hall–Kier alpha value is -7.67. The van der Waals surface area contributed by atoms with Crippen molar-refractivity contribution in [3.8, 4) is 0 Å². The summed E-state index contributed by atoms with van der Waals surface area (Å²) in [5.41, 5.74) is 24.1. The third-order valence-corrected chi connectivity index (χ3v) is 13.4. The number of benzene rings is 3. The van der Waals surface area contributed by atoms with Gasteiger partial charge in [-0.1, -0.05) is 113 Å². The van der Waals surface area contributed by atoms with E-state index in [-0.39, 0.29) is 56.1 Å². The second kappa shape index (κ2) is 29.6. The van der Waals surface area contributed by atoms with E-state index in [1.54, 1.807) is 91.0 Å². The highest BCUT2D eigenvalue weighted by Gasteiger charge is 2.35. The predicted octanol–water partition coefficient (Wildman–Crippen LogP) is -2.56. The van der Waals surface area contributed by atoms with Crippen molar-refractivity contribution < 1.29 is 47.9 Å². The molecule has 0 aromatic heterocycles. The zero-order valence-electron chi connectivity index (χ0n) is 40.3. The Morgan fingerprint density at radius 1 is 0.548 bits per heavy atom. The first-order valence-corrected chi connectivity index (χ1v) is 25.7. The summed E-state index contributed by atoms with van der Waals surface area (Å²) >= 11 is 0. The van der Waals surface area contributed by atoms with Crippen molar-refractivity contribution in [2.24, 2.45) is 27.9 Å². The monoisotopic (exact) mass is 1050 g/mol. The normalized spacial score (nSPS) is 23.3. The highest BCUT2D eigenvalue weighted by Crippen LogP contribution is 2.23. The summed E-state index contributed by atoms with van der Waals surface area (Å²) in [5, 5.41) is 20.8. The number of carbonyl (C=O) groups is 10. The van der Waals surface area contributed by atoms with E-state index in [1.807, 2.05) is 0 Å². The van der Waals surface area contributed by atoms with E-state index in [1.165, 1.54) is 13.8 Å². The molecule has 1 heterocycles. The van der Waals surface area contributed by atoms with Gasteiger partial charge in [-0.15, -0.1) is 0 Å². The standard InChI is InChI=1S/C48H63N13O10S2/c1-27-41(65)57-33(21-29-13-6-3-7-14-29)46(70)61-37(40(50)64)25-72-73-26-38(55-28(2)62)47(71)56-32(19-12-20-53-48(51)52)42(66)58-34(22-30-15-8-4-9-16-30)44(68)59-35(23-31-17-10-5-11-18-31)45(69)60-36(24-39(49)63)43(67)54-27/h3-11,13-18,27,32-38H,12,19-26H2,1-2H3,(H2,49,63)(H2,50,64)(H,54,67)(H,55,62)(H,56,71)(H,57,65)(H,58,66)(H,59,68)(H,60,69)(H,61,70)(H4,51,52,53)/t27-,32-,33-,34-,35-,36-,37-,38-/m0/s1. The SMILES string of the molecule is CC(=O)N[C@H]1CSSC[C@@H](C(N)=O)NC(=O)[C@H](Cc2ccccc2)NC(=O)[C@H](C)NC(=O)[C@H](CC(N)=O)NC(=O)[C@H](Cc2ccccc2)NC(=O)[C@H](Cc2ccccc2)NC(=O)[C@H](CCCN=C(N)N)NC1=O. The third kappa shape index (κ3) is 20.5. The largest absolute Gasteiger partial charge is 0.370 e. The fraction of sp³-hybridized carbons (Fsp3) is 0.396. The van der Waals surface area contributed by atoms with Crippen LogP contribution in [-0.4, -0.2) is 131 Å². The first-order chi connectivity index (χ1) is 34.8. The number of nitrogens with one attached hydrogen (secondary N) is 8. The van der Waals surface area contributed by atoms with Gasteiger partial charge in [0.25, 0.3) is 0 Å². The number of carbonyl (C=O) groups excluding carboxylic acids is 10. The lowest BCUT2D eigenvalue weighted by Crippen LogP contribution is -2.61. The van der Waals surface area contributed by atoms with Gasteiger partial charge < -0.3 is 65.5 Å². The maximum absolute atomic E-state index is 14.5. The second-order valence-electron chi connectivity index (χ2n) is 17.0. The first-order valence-electron chi connectivity index (χ1n) is 23.2. The number of guanidine groups is 1. The van der Waals surface area contributed by atoms with Crippen molar-refractivity contribution in [3.63, 3.8) is 0 Å². The molecule has 4 rings (SSSR count). The van der Waals surface area contributed by atoms with Crippen LogP contribution in [0.3, 0.4) is 0 Å². The fourth-order valence-electron chi connectivity index (χ4n) is 7.25. The highest BCUT2D eigenvalue weighted by atomic mass is 33.1. The van der Waals surface area contributed by atoms with Crippen molar-refractivity contribution >= 4 is 86.6 Å². The summed E-state index contributed by atoms with van der Waals surface area (Å²) in [5.74, 6) is -9.11. The number of nitrogens with two attached hydrogens (primary N) is 4. The van der Waals surface area contributed by atoms with Crippen molar-refractivity contribution in [1.29, 1.82) is 0 Å². The first kappa shape index (κ1) is 57.9. The van der Waals surface area contributed by atoms with Crippen molar-refractivity contribution in [2.75, 3.05) is 18.1 Å². The molecular weight excluding hydrogens is 983 g/mol. The Balaban J connectivity index is 1.79. The average molecular weight is 1050 g/mol. The maximum Gasteiger partial charge on any atom is 0.244 e. The molecule has 1 saturated heterocycles. The molecule has 1 aliphatic heterocycles. The Labute approximate surface area is 429 Å². The Bertz CT molecular complexity index is 2440. The Morgan fingerprint density at radius 2 is 0.959 bits per heavy atom. The summed E-state index contributed by atoms with van der Waals surface area (Å²) in [6.07, 6.45) is -0.979. The maximum atomic E-state index is 14.5. The fourth-order valence-corrected chi connectivity index (χ4v) is 9.59. The molecule has 0 aliphatic carbocycles. The van der Waals surface area contributed by atoms with Crippen molar-refractivity contribution in [3.05, 3.63) is 108 Å². The Kier molecular flexibility index (Phi) is 23.5. The molecule has 8 atom stereocenters. The molecule has 23 nitrogen and oxygen atoms in total. The van der Waals surface area contributed by atoms with E-state index in [2.05, 4.69) is 47.5 Å². The second-order valence-corrected chi connectivity index (χ2v) is 19.6. The molecule has 0 radical (unpaired) electrons. The van der Waals surface area contributed by atoms with Crippen LogP contribution in [0, 0.1) is 0 Å². The number of amides is 10. The number of nitrogens with zero attached hydrogens (tertiary/aromatic N) is 1. The van der Waals surface area contributed by atoms with E-state index in [0.29, 0.717) is 16.7 Å². The summed E-state index contributed by atoms with van der Waals surface area (Å²) < 4.78 is 0. The highest BCUT2D eigenvalue weighted by molar-refractivity contribution is 8.76. The minimum Gasteiger partial charge on any atom is -0.370 e. The minimum absolute atomic E-state index is 0.0540. The molecule has 73 heavy (non-hydrogen) atoms. The molecule has 1 fully saturated rings. The zero-order valence-corrected chi connectivity index (χ0v) is 41.9. The summed E-state index contributed by atoms with van der Waals surface area (Å²) in [6.45, 7) is 2.54. The summed E-state index contributed by atoms with van der Waals surface area (Å²) in [7, 11) is 2.07. The number of hydrogen-bond acceptors (Lipinski definition) is 13. The molecule has 3 aromatic carbocycles. The van der Waals surface area contributed by atoms with E-state index < -0.39 is 114 Å². The summed E-state index contributed by atoms with van der Waals surface area (Å²) in [6, 6.07) is 14.5. The number of hydrogen-bond donors (Lipinski definition) is 12. The smallest absolute Gasteiger partial charge is 0.244 e. The van der Waals surface area contributed by atoms with Gasteiger partial charge in [-0.2, -0.15) is 0 Å². The lowest BCUT2D eigenvalue weighted by Gasteiger charge is -2.28. The van der Waals surface area contributed by atoms with Gasteiger partial charge in [0.1, 0.15) is 48.3 Å². The molecule has 10 amide bonds. The van der Waals surface area contributed by atoms with Gasteiger partial charge in [0, 0.05) is 44.2 Å². The van der Waals surface area contributed by atoms with E-state index in [0.717, 1.165) is 21.6 Å². The predicted molar refractivity (Wildman–Crippen MR) is 275 cm³/mol. The van der Waals surface area contributed by atoms with Crippen LogP contribution in [0.1, 0.15) is 49.8 Å². The quantitative estimate of drug-likeness (QED) is 0.0342. The van der Waals surface area contributed by atoms with Gasteiger partial charge >= 0.3 is 0 Å². The zero-order chi connectivity index (χ0) is 53.5. The molecule has 0 saturated carbocycles. The number of rotatable bonds is 14. The van der Waals surface area contributed by atoms with E-state index in [4.69, 9.17) is 22.9 Å². The number of primary amides is 2. The van der Waals surface area contributed by atoms with Crippen molar-refractivity contribution in [2.45, 2.75) is 101 Å². The Morgan fingerprint density at radius 3 is 1.41 bits per heavy atom. The van der Waals surface area contributed by atoms with Gasteiger partial charge in [-0.25, -0.2) is 0 Å². The van der Waals surface area contributed by atoms with Gasteiger partial charge in [0.05, 0.1) is 6.42 Å². The van der Waals surface area contributed by atoms with Crippen LogP contribution in [0.4, 0.5) is 0 Å². The minimum atomic E-state index is -1.69. The van der Waals surface area contributed by atoms with Gasteiger partial charge in [0.2, 0.25) is 59.1 Å². The van der Waals surface area contributed by atoms with Crippen LogP contribution in [0.25, 0.3) is 0 Å². The molecule has 1 aliphatic rings. The topological polar surface area (TPSA) is 383 Å². The van der Waals surface area contributed by atoms with Crippen LogP contribution in [-0.2, 0) is 67.2 Å². The molecule has 392 valence electrons.